The van der Waals surface area contributed by atoms with Gasteiger partial charge in [-0.3, -0.25) is 4.79 Å². The molecule has 0 unspecified atom stereocenters. The molecule has 1 aromatic heterocycles. The van der Waals surface area contributed by atoms with Crippen LogP contribution in [-0.2, 0) is 0 Å². The molecule has 0 saturated heterocycles. The van der Waals surface area contributed by atoms with Crippen molar-refractivity contribution in [3.63, 3.8) is 0 Å². The minimum absolute atomic E-state index is 0.0955. The molecule has 0 aliphatic rings. The summed E-state index contributed by atoms with van der Waals surface area (Å²) in [4.78, 5) is 10.5. The van der Waals surface area contributed by atoms with E-state index in [-0.39, 0.29) is 5.56 Å². The van der Waals surface area contributed by atoms with E-state index in [1.54, 1.807) is 6.20 Å². The number of halogens is 2. The first kappa shape index (κ1) is 6.10. The molecule has 3 nitrogen and oxygen atoms in total. The molecule has 0 N–H and O–H groups in total. The summed E-state index contributed by atoms with van der Waals surface area (Å²) in [6, 6.07) is 1.43. The van der Waals surface area contributed by atoms with Crippen LogP contribution in [0, 0.1) is 0 Å². The predicted molar refractivity (Wildman–Crippen MR) is 37.3 cm³/mol. The monoisotopic (exact) mass is 240 g/mol. The number of hydrogen-bond donors (Lipinski definition) is 0. The Hall–Kier alpha value is -0.0300. The van der Waals surface area contributed by atoms with Gasteiger partial charge in [-0.05, 0) is 0 Å². The summed E-state index contributed by atoms with van der Waals surface area (Å²) in [5.74, 6) is 0. The van der Waals surface area contributed by atoms with Crippen LogP contribution in [0.15, 0.2) is 17.1 Å². The Morgan fingerprint density at radius 2 is 2.12 bits per heavy atom. The second kappa shape index (κ2) is 2.06. The van der Waals surface area contributed by atoms with Gasteiger partial charge in [-0.25, -0.2) is 3.71 Å². The van der Waals surface area contributed by atoms with Gasteiger partial charge >= 0.3 is 0 Å². The van der Waals surface area contributed by atoms with E-state index in [1.165, 1.54) is 13.5 Å². The smallest absolute Gasteiger partial charge is 0.267 e. The Bertz CT molecular complexity index is 238. The normalized spacial score (nSPS) is 9.75. The van der Waals surface area contributed by atoms with Crippen LogP contribution >= 0.6 is 32.3 Å². The fourth-order valence-corrected chi connectivity index (χ4v) is 0.838. The summed E-state index contributed by atoms with van der Waals surface area (Å²) in [6.45, 7) is 0. The minimum Gasteiger partial charge on any atom is -0.267 e. The topological polar surface area (TPSA) is 26.9 Å². The first-order valence-electron chi connectivity index (χ1n) is 1.85. The molecule has 5 heteroatoms. The van der Waals surface area contributed by atoms with Crippen molar-refractivity contribution in [3.8, 4) is 0 Å². The van der Waals surface area contributed by atoms with Gasteiger partial charge in [0, 0.05) is 12.3 Å². The zero-order chi connectivity index (χ0) is 6.15. The van der Waals surface area contributed by atoms with Crippen LogP contribution in [0.25, 0.3) is 0 Å². The summed E-state index contributed by atoms with van der Waals surface area (Å²) in [6.07, 6.45) is 1.59. The molecule has 0 saturated carbocycles. The fraction of sp³-hybridized carbons (Fsp3) is 0. The third-order valence-corrected chi connectivity index (χ3v) is 2.36. The van der Waals surface area contributed by atoms with Gasteiger partial charge in [-0.1, -0.05) is 0 Å². The number of nitrogens with zero attached hydrogens (tertiary/aromatic N) is 2. The summed E-state index contributed by atoms with van der Waals surface area (Å²) in [5.41, 5.74) is -0.0955. The number of hydrogen-bond acceptors (Lipinski definition) is 1. The van der Waals surface area contributed by atoms with Crippen molar-refractivity contribution < 1.29 is 0 Å². The molecule has 1 rings (SSSR count). The van der Waals surface area contributed by atoms with Gasteiger partial charge in [0.2, 0.25) is 0 Å². The van der Waals surface area contributed by atoms with E-state index < -0.39 is 0 Å². The predicted octanol–water partition coefficient (Wildman–Crippen LogP) is 0.966. The maximum Gasteiger partial charge on any atom is 0.277 e. The van der Waals surface area contributed by atoms with E-state index in [1.807, 2.05) is 0 Å². The first-order chi connectivity index (χ1) is 3.72. The van der Waals surface area contributed by atoms with Gasteiger partial charge in [-0.2, -0.15) is 3.71 Å². The SMILES string of the molecule is O=c1ccn(Br)n1Br. The van der Waals surface area contributed by atoms with Crippen molar-refractivity contribution in [2.75, 3.05) is 0 Å². The van der Waals surface area contributed by atoms with Crippen LogP contribution < -0.4 is 5.56 Å². The van der Waals surface area contributed by atoms with E-state index >= 15 is 0 Å². The van der Waals surface area contributed by atoms with E-state index in [4.69, 9.17) is 0 Å². The van der Waals surface area contributed by atoms with Crippen molar-refractivity contribution in [1.29, 1.82) is 0 Å². The molecule has 0 aromatic carbocycles. The van der Waals surface area contributed by atoms with Crippen LogP contribution in [0.4, 0.5) is 0 Å². The zero-order valence-electron chi connectivity index (χ0n) is 3.71. The maximum absolute atomic E-state index is 10.5. The van der Waals surface area contributed by atoms with Gasteiger partial charge in [0.05, 0.1) is 32.3 Å². The molecule has 8 heavy (non-hydrogen) atoms. The van der Waals surface area contributed by atoms with Gasteiger partial charge in [0.1, 0.15) is 0 Å². The summed E-state index contributed by atoms with van der Waals surface area (Å²) in [5, 5.41) is 0. The summed E-state index contributed by atoms with van der Waals surface area (Å²) in [7, 11) is 0. The van der Waals surface area contributed by atoms with Crippen LogP contribution in [0.1, 0.15) is 0 Å². The Morgan fingerprint density at radius 1 is 1.50 bits per heavy atom. The molecule has 1 aromatic rings. The number of aromatic nitrogens is 2. The average Bonchev–Trinajstić information content (AvgIpc) is 1.98. The van der Waals surface area contributed by atoms with Crippen molar-refractivity contribution in [3.05, 3.63) is 22.6 Å². The lowest BCUT2D eigenvalue weighted by Gasteiger charge is -1.87. The third-order valence-electron chi connectivity index (χ3n) is 0.690. The molecule has 0 amide bonds. The van der Waals surface area contributed by atoms with E-state index in [0.717, 1.165) is 0 Å². The Balaban J connectivity index is 3.41. The average molecular weight is 242 g/mol. The highest BCUT2D eigenvalue weighted by atomic mass is 79.9. The first-order valence-corrected chi connectivity index (χ1v) is 3.26. The van der Waals surface area contributed by atoms with Crippen LogP contribution in [-0.4, -0.2) is 7.42 Å². The molecule has 0 radical (unpaired) electrons. The fourth-order valence-electron chi connectivity index (χ4n) is 0.339. The van der Waals surface area contributed by atoms with Crippen LogP contribution in [0.2, 0.25) is 0 Å². The molecule has 0 bridgehead atoms. The van der Waals surface area contributed by atoms with Gasteiger partial charge in [-0.15, -0.1) is 0 Å². The maximum atomic E-state index is 10.5. The lowest BCUT2D eigenvalue weighted by molar-refractivity contribution is 0.950. The molecule has 0 fully saturated rings. The van der Waals surface area contributed by atoms with Crippen molar-refractivity contribution >= 4 is 32.3 Å². The standard InChI is InChI=1S/C3H2Br2N2O/c4-6-2-1-3(8)7(6)5/h1-2H. The Kier molecular flexibility index (Phi) is 1.57. The largest absolute Gasteiger partial charge is 0.277 e. The van der Waals surface area contributed by atoms with Crippen LogP contribution in [0.5, 0.6) is 0 Å². The highest BCUT2D eigenvalue weighted by molar-refractivity contribution is 9.10. The number of rotatable bonds is 0. The Labute approximate surface area is 62.6 Å². The molecular formula is C3H2Br2N2O. The molecule has 44 valence electrons. The summed E-state index contributed by atoms with van der Waals surface area (Å²) >= 11 is 6.02. The second-order valence-electron chi connectivity index (χ2n) is 1.20. The quantitative estimate of drug-likeness (QED) is 0.665. The third kappa shape index (κ3) is 0.877. The zero-order valence-corrected chi connectivity index (χ0v) is 6.89. The van der Waals surface area contributed by atoms with Crippen molar-refractivity contribution in [2.24, 2.45) is 0 Å². The van der Waals surface area contributed by atoms with Crippen molar-refractivity contribution in [1.82, 2.24) is 7.42 Å². The van der Waals surface area contributed by atoms with Gasteiger partial charge < -0.3 is 0 Å². The molecule has 0 aliphatic carbocycles. The molecule has 1 heterocycles. The van der Waals surface area contributed by atoms with E-state index in [0.29, 0.717) is 0 Å². The van der Waals surface area contributed by atoms with E-state index in [9.17, 15) is 4.79 Å². The summed E-state index contributed by atoms with van der Waals surface area (Å²) < 4.78 is 2.71. The van der Waals surface area contributed by atoms with Crippen molar-refractivity contribution in [2.45, 2.75) is 0 Å². The van der Waals surface area contributed by atoms with E-state index in [2.05, 4.69) is 32.3 Å². The highest BCUT2D eigenvalue weighted by Crippen LogP contribution is 1.93. The minimum atomic E-state index is -0.0955. The lowest BCUT2D eigenvalue weighted by atomic mass is 10.7. The lowest BCUT2D eigenvalue weighted by Crippen LogP contribution is -2.07. The van der Waals surface area contributed by atoms with Crippen LogP contribution in [0.3, 0.4) is 0 Å². The molecule has 0 spiro atoms. The second-order valence-corrected chi connectivity index (χ2v) is 2.60. The molecule has 0 aliphatic heterocycles. The molecular weight excluding hydrogens is 240 g/mol. The van der Waals surface area contributed by atoms with Gasteiger partial charge in [0.25, 0.3) is 5.56 Å². The Morgan fingerprint density at radius 3 is 2.25 bits per heavy atom. The van der Waals surface area contributed by atoms with Gasteiger partial charge in [0.15, 0.2) is 0 Å². The highest BCUT2D eigenvalue weighted by Gasteiger charge is 1.92. The molecule has 0 atom stereocenters.